The highest BCUT2D eigenvalue weighted by molar-refractivity contribution is 7.19. The summed E-state index contributed by atoms with van der Waals surface area (Å²) in [5.41, 5.74) is 0.702. The molecule has 1 aliphatic rings. The van der Waals surface area contributed by atoms with E-state index in [2.05, 4.69) is 4.98 Å². The van der Waals surface area contributed by atoms with E-state index < -0.39 is 0 Å². The summed E-state index contributed by atoms with van der Waals surface area (Å²) in [5, 5.41) is 0.503. The van der Waals surface area contributed by atoms with E-state index in [4.69, 9.17) is 11.6 Å². The first-order valence-corrected chi connectivity index (χ1v) is 5.96. The van der Waals surface area contributed by atoms with Crippen LogP contribution in [0.15, 0.2) is 18.2 Å². The molecule has 0 amide bonds. The van der Waals surface area contributed by atoms with Crippen molar-refractivity contribution in [3.63, 3.8) is 0 Å². The van der Waals surface area contributed by atoms with Crippen molar-refractivity contribution < 1.29 is 4.79 Å². The number of pyridine rings is 1. The van der Waals surface area contributed by atoms with Crippen molar-refractivity contribution in [1.29, 1.82) is 0 Å². The number of thiophene rings is 1. The van der Waals surface area contributed by atoms with Crippen molar-refractivity contribution in [3.05, 3.63) is 28.2 Å². The Morgan fingerprint density at radius 3 is 2.93 bits per heavy atom. The van der Waals surface area contributed by atoms with E-state index in [1.54, 1.807) is 17.4 Å². The van der Waals surface area contributed by atoms with Crippen molar-refractivity contribution >= 4 is 39.4 Å². The summed E-state index contributed by atoms with van der Waals surface area (Å²) in [5.74, 6) is 0. The lowest BCUT2D eigenvalue weighted by atomic mass is 10.1. The van der Waals surface area contributed by atoms with E-state index in [1.807, 2.05) is 12.1 Å². The number of carbonyl (C=O) groups is 1. The Morgan fingerprint density at radius 2 is 2.27 bits per heavy atom. The van der Waals surface area contributed by atoms with Gasteiger partial charge in [0.15, 0.2) is 0 Å². The van der Waals surface area contributed by atoms with Crippen LogP contribution in [0, 0.1) is 0 Å². The average molecular weight is 238 g/mol. The van der Waals surface area contributed by atoms with Crippen LogP contribution in [0.4, 0.5) is 0 Å². The summed E-state index contributed by atoms with van der Waals surface area (Å²) >= 11 is 7.46. The summed E-state index contributed by atoms with van der Waals surface area (Å²) < 4.78 is 1.10. The SMILES string of the molecule is O=CC1(c2cc3nc(Cl)ccc3s2)CC1. The maximum absolute atomic E-state index is 11.0. The van der Waals surface area contributed by atoms with Crippen LogP contribution in [0.3, 0.4) is 0 Å². The van der Waals surface area contributed by atoms with Gasteiger partial charge in [0.25, 0.3) is 0 Å². The van der Waals surface area contributed by atoms with Crippen molar-refractivity contribution in [2.24, 2.45) is 0 Å². The number of hydrogen-bond donors (Lipinski definition) is 0. The van der Waals surface area contributed by atoms with Crippen LogP contribution in [-0.2, 0) is 10.2 Å². The van der Waals surface area contributed by atoms with E-state index >= 15 is 0 Å². The van der Waals surface area contributed by atoms with Gasteiger partial charge in [-0.05, 0) is 31.0 Å². The van der Waals surface area contributed by atoms with Gasteiger partial charge in [0, 0.05) is 4.88 Å². The molecule has 1 aliphatic carbocycles. The standard InChI is InChI=1S/C11H8ClNOS/c12-10-2-1-8-7(13-10)5-9(15-8)11(6-14)3-4-11/h1-2,5-6H,3-4H2. The molecule has 0 unspecified atom stereocenters. The fourth-order valence-corrected chi connectivity index (χ4v) is 3.06. The number of fused-ring (bicyclic) bond motifs is 1. The zero-order valence-electron chi connectivity index (χ0n) is 7.87. The molecule has 0 radical (unpaired) electrons. The molecule has 2 aromatic heterocycles. The number of rotatable bonds is 2. The van der Waals surface area contributed by atoms with Crippen molar-refractivity contribution in [2.75, 3.05) is 0 Å². The third-order valence-electron chi connectivity index (χ3n) is 2.84. The van der Waals surface area contributed by atoms with Gasteiger partial charge in [-0.1, -0.05) is 11.6 Å². The molecule has 2 nitrogen and oxygen atoms in total. The third-order valence-corrected chi connectivity index (χ3v) is 4.36. The van der Waals surface area contributed by atoms with E-state index in [1.165, 1.54) is 0 Å². The molecular formula is C11H8ClNOS. The van der Waals surface area contributed by atoms with Crippen molar-refractivity contribution in [2.45, 2.75) is 18.3 Å². The number of nitrogens with zero attached hydrogens (tertiary/aromatic N) is 1. The summed E-state index contributed by atoms with van der Waals surface area (Å²) in [6.45, 7) is 0. The lowest BCUT2D eigenvalue weighted by molar-refractivity contribution is -0.109. The van der Waals surface area contributed by atoms with E-state index in [-0.39, 0.29) is 5.41 Å². The molecule has 0 saturated heterocycles. The second-order valence-corrected chi connectivity index (χ2v) is 5.37. The average Bonchev–Trinajstić information content (AvgIpc) is 2.93. The van der Waals surface area contributed by atoms with E-state index in [0.717, 1.165) is 34.2 Å². The Morgan fingerprint density at radius 1 is 1.47 bits per heavy atom. The van der Waals surface area contributed by atoms with E-state index in [0.29, 0.717) is 5.15 Å². The van der Waals surface area contributed by atoms with Crippen LogP contribution >= 0.6 is 22.9 Å². The molecule has 4 heteroatoms. The molecule has 0 bridgehead atoms. The summed E-state index contributed by atoms with van der Waals surface area (Å²) in [7, 11) is 0. The second kappa shape index (κ2) is 3.03. The molecule has 15 heavy (non-hydrogen) atoms. The normalized spacial score (nSPS) is 17.9. The Balaban J connectivity index is 2.18. The Kier molecular flexibility index (Phi) is 1.88. The molecule has 0 aliphatic heterocycles. The van der Waals surface area contributed by atoms with Gasteiger partial charge in [0.1, 0.15) is 11.4 Å². The molecule has 1 saturated carbocycles. The first-order valence-electron chi connectivity index (χ1n) is 4.76. The minimum Gasteiger partial charge on any atom is -0.302 e. The van der Waals surface area contributed by atoms with Gasteiger partial charge in [0.05, 0.1) is 15.6 Å². The smallest absolute Gasteiger partial charge is 0.131 e. The Hall–Kier alpha value is -0.930. The Labute approximate surface area is 95.9 Å². The second-order valence-electron chi connectivity index (χ2n) is 3.90. The van der Waals surface area contributed by atoms with Crippen molar-refractivity contribution in [1.82, 2.24) is 4.98 Å². The third kappa shape index (κ3) is 1.38. The van der Waals surface area contributed by atoms with Gasteiger partial charge in [-0.15, -0.1) is 11.3 Å². The fraction of sp³-hybridized carbons (Fsp3) is 0.273. The van der Waals surface area contributed by atoms with Crippen LogP contribution in [0.25, 0.3) is 10.2 Å². The summed E-state index contributed by atoms with van der Waals surface area (Å²) in [6, 6.07) is 5.73. The highest BCUT2D eigenvalue weighted by Crippen LogP contribution is 2.49. The van der Waals surface area contributed by atoms with Gasteiger partial charge >= 0.3 is 0 Å². The predicted molar refractivity (Wildman–Crippen MR) is 61.6 cm³/mol. The quantitative estimate of drug-likeness (QED) is 0.593. The zero-order valence-corrected chi connectivity index (χ0v) is 9.44. The number of halogens is 1. The topological polar surface area (TPSA) is 30.0 Å². The van der Waals surface area contributed by atoms with Gasteiger partial charge in [-0.3, -0.25) is 0 Å². The van der Waals surface area contributed by atoms with Crippen LogP contribution < -0.4 is 0 Å². The minimum absolute atomic E-state index is 0.197. The molecule has 3 rings (SSSR count). The molecule has 2 heterocycles. The first kappa shape index (κ1) is 9.31. The van der Waals surface area contributed by atoms with Gasteiger partial charge in [-0.25, -0.2) is 4.98 Å². The van der Waals surface area contributed by atoms with Crippen LogP contribution in [0.1, 0.15) is 17.7 Å². The lowest BCUT2D eigenvalue weighted by Gasteiger charge is -1.99. The molecule has 0 atom stereocenters. The van der Waals surface area contributed by atoms with Gasteiger partial charge in [0.2, 0.25) is 0 Å². The molecule has 1 fully saturated rings. The van der Waals surface area contributed by atoms with Crippen molar-refractivity contribution in [3.8, 4) is 0 Å². The summed E-state index contributed by atoms with van der Waals surface area (Å²) in [6.07, 6.45) is 3.01. The maximum atomic E-state index is 11.0. The molecule has 0 spiro atoms. The Bertz CT molecular complexity index is 545. The lowest BCUT2D eigenvalue weighted by Crippen LogP contribution is -2.04. The van der Waals surface area contributed by atoms with Gasteiger partial charge in [-0.2, -0.15) is 0 Å². The van der Waals surface area contributed by atoms with Gasteiger partial charge < -0.3 is 4.79 Å². The maximum Gasteiger partial charge on any atom is 0.131 e. The number of aldehydes is 1. The first-order chi connectivity index (χ1) is 7.23. The monoisotopic (exact) mass is 237 g/mol. The molecule has 0 aromatic carbocycles. The minimum atomic E-state index is -0.197. The van der Waals surface area contributed by atoms with Crippen LogP contribution in [0.2, 0.25) is 5.15 Å². The summed E-state index contributed by atoms with van der Waals surface area (Å²) in [4.78, 5) is 16.4. The predicted octanol–water partition coefficient (Wildman–Crippen LogP) is 3.18. The van der Waals surface area contributed by atoms with E-state index in [9.17, 15) is 4.79 Å². The van der Waals surface area contributed by atoms with Crippen LogP contribution in [-0.4, -0.2) is 11.3 Å². The number of carbonyl (C=O) groups excluding carboxylic acids is 1. The highest BCUT2D eigenvalue weighted by atomic mass is 35.5. The fourth-order valence-electron chi connectivity index (χ4n) is 1.70. The van der Waals surface area contributed by atoms with Crippen LogP contribution in [0.5, 0.6) is 0 Å². The molecular weight excluding hydrogens is 230 g/mol. The zero-order chi connectivity index (χ0) is 10.5. The largest absolute Gasteiger partial charge is 0.302 e. The molecule has 0 N–H and O–H groups in total. The molecule has 2 aromatic rings. The highest BCUT2D eigenvalue weighted by Gasteiger charge is 2.45. The number of aromatic nitrogens is 1. The number of hydrogen-bond acceptors (Lipinski definition) is 3. The molecule has 76 valence electrons.